The van der Waals surface area contributed by atoms with Crippen molar-refractivity contribution in [2.45, 2.75) is 5.75 Å². The zero-order valence-corrected chi connectivity index (χ0v) is 11.8. The maximum atomic E-state index is 12.0. The third-order valence-corrected chi connectivity index (χ3v) is 4.21. The van der Waals surface area contributed by atoms with E-state index in [2.05, 4.69) is 0 Å². The van der Waals surface area contributed by atoms with Crippen molar-refractivity contribution in [3.63, 3.8) is 0 Å². The van der Waals surface area contributed by atoms with E-state index in [1.807, 2.05) is 30.3 Å². The predicted molar refractivity (Wildman–Crippen MR) is 78.9 cm³/mol. The third kappa shape index (κ3) is 4.01. The van der Waals surface area contributed by atoms with Gasteiger partial charge in [-0.15, -0.1) is 0 Å². The molecule has 2 aromatic carbocycles. The van der Waals surface area contributed by atoms with Gasteiger partial charge in [0.25, 0.3) is 0 Å². The van der Waals surface area contributed by atoms with Gasteiger partial charge in [0.15, 0.2) is 5.78 Å². The molecule has 1 unspecified atom stereocenters. The number of carbonyl (C=O) groups is 1. The molecule has 2 rings (SSSR count). The van der Waals surface area contributed by atoms with Crippen LogP contribution in [0.2, 0.25) is 5.02 Å². The van der Waals surface area contributed by atoms with Crippen molar-refractivity contribution in [3.05, 3.63) is 70.7 Å². The van der Waals surface area contributed by atoms with Crippen LogP contribution in [0.4, 0.5) is 0 Å². The summed E-state index contributed by atoms with van der Waals surface area (Å²) in [6.45, 7) is 0. The maximum absolute atomic E-state index is 12.0. The second-order valence-corrected chi connectivity index (χ2v) is 5.98. The maximum Gasteiger partial charge on any atom is 0.176 e. The van der Waals surface area contributed by atoms with Crippen LogP contribution in [0.3, 0.4) is 0 Å². The van der Waals surface area contributed by atoms with Gasteiger partial charge in [0.1, 0.15) is 0 Å². The minimum Gasteiger partial charge on any atom is -0.293 e. The van der Waals surface area contributed by atoms with Crippen LogP contribution in [0.25, 0.3) is 0 Å². The van der Waals surface area contributed by atoms with Gasteiger partial charge in [0.05, 0.1) is 10.8 Å². The molecule has 4 heteroatoms. The van der Waals surface area contributed by atoms with Crippen LogP contribution in [0.1, 0.15) is 15.9 Å². The summed E-state index contributed by atoms with van der Waals surface area (Å²) < 4.78 is 12.0. The van der Waals surface area contributed by atoms with Gasteiger partial charge >= 0.3 is 0 Å². The molecule has 0 N–H and O–H groups in total. The zero-order valence-electron chi connectivity index (χ0n) is 10.2. The standard InChI is InChI=1S/C15H13ClO2S/c16-14-9-5-4-8-13(14)15(17)11-19(18)10-12-6-2-1-3-7-12/h1-9H,10-11H2. The topological polar surface area (TPSA) is 34.1 Å². The molecule has 2 aromatic rings. The number of rotatable bonds is 5. The van der Waals surface area contributed by atoms with Gasteiger partial charge in [0, 0.05) is 22.1 Å². The number of hydrogen-bond acceptors (Lipinski definition) is 2. The molecule has 1 atom stereocenters. The monoisotopic (exact) mass is 292 g/mol. The number of benzene rings is 2. The van der Waals surface area contributed by atoms with Crippen molar-refractivity contribution in [2.75, 3.05) is 5.75 Å². The number of carbonyl (C=O) groups excluding carboxylic acids is 1. The van der Waals surface area contributed by atoms with E-state index in [9.17, 15) is 9.00 Å². The smallest absolute Gasteiger partial charge is 0.176 e. The first-order valence-electron chi connectivity index (χ1n) is 5.83. The van der Waals surface area contributed by atoms with E-state index in [1.54, 1.807) is 24.3 Å². The highest BCUT2D eigenvalue weighted by Gasteiger charge is 2.13. The summed E-state index contributed by atoms with van der Waals surface area (Å²) in [4.78, 5) is 12.0. The molecule has 0 bridgehead atoms. The van der Waals surface area contributed by atoms with Gasteiger partial charge in [-0.2, -0.15) is 0 Å². The van der Waals surface area contributed by atoms with Gasteiger partial charge in [-0.05, 0) is 17.7 Å². The molecule has 0 heterocycles. The van der Waals surface area contributed by atoms with Crippen LogP contribution in [0.15, 0.2) is 54.6 Å². The lowest BCUT2D eigenvalue weighted by molar-refractivity contribution is 0.102. The SMILES string of the molecule is O=C(CS(=O)Cc1ccccc1)c1ccccc1Cl. The summed E-state index contributed by atoms with van der Waals surface area (Å²) in [6.07, 6.45) is 0. The Morgan fingerprint density at radius 1 is 1.00 bits per heavy atom. The minimum atomic E-state index is -1.22. The van der Waals surface area contributed by atoms with Gasteiger partial charge in [0.2, 0.25) is 0 Å². The molecule has 19 heavy (non-hydrogen) atoms. The summed E-state index contributed by atoms with van der Waals surface area (Å²) in [5.41, 5.74) is 1.40. The number of Topliss-reactive ketones (excluding diaryl/α,β-unsaturated/α-hetero) is 1. The number of hydrogen-bond donors (Lipinski definition) is 0. The van der Waals surface area contributed by atoms with Crippen LogP contribution >= 0.6 is 11.6 Å². The second kappa shape index (κ2) is 6.64. The quantitative estimate of drug-likeness (QED) is 0.791. The summed E-state index contributed by atoms with van der Waals surface area (Å²) in [5, 5.41) is 0.407. The van der Waals surface area contributed by atoms with Crippen molar-refractivity contribution < 1.29 is 9.00 Å². The van der Waals surface area contributed by atoms with Crippen molar-refractivity contribution in [1.29, 1.82) is 0 Å². The Balaban J connectivity index is 2.00. The fourth-order valence-electron chi connectivity index (χ4n) is 1.72. The Hall–Kier alpha value is -1.45. The summed E-state index contributed by atoms with van der Waals surface area (Å²) in [5.74, 6) is 0.204. The Labute approximate surface area is 119 Å². The Kier molecular flexibility index (Phi) is 4.88. The highest BCUT2D eigenvalue weighted by Crippen LogP contribution is 2.16. The van der Waals surface area contributed by atoms with Crippen molar-refractivity contribution >= 4 is 28.2 Å². The first-order chi connectivity index (χ1) is 9.16. The average molecular weight is 293 g/mol. The zero-order chi connectivity index (χ0) is 13.7. The lowest BCUT2D eigenvalue weighted by Crippen LogP contribution is -2.12. The summed E-state index contributed by atoms with van der Waals surface area (Å²) >= 11 is 5.94. The van der Waals surface area contributed by atoms with Gasteiger partial charge in [-0.25, -0.2) is 0 Å². The first-order valence-corrected chi connectivity index (χ1v) is 7.70. The Morgan fingerprint density at radius 2 is 1.63 bits per heavy atom. The van der Waals surface area contributed by atoms with E-state index in [0.717, 1.165) is 5.56 Å². The molecule has 0 fully saturated rings. The van der Waals surface area contributed by atoms with E-state index in [1.165, 1.54) is 0 Å². The largest absolute Gasteiger partial charge is 0.293 e. The molecule has 2 nitrogen and oxygen atoms in total. The lowest BCUT2D eigenvalue weighted by atomic mass is 10.1. The molecule has 0 aliphatic heterocycles. The van der Waals surface area contributed by atoms with Crippen LogP contribution in [0.5, 0.6) is 0 Å². The van der Waals surface area contributed by atoms with Gasteiger partial charge in [-0.3, -0.25) is 9.00 Å². The molecule has 98 valence electrons. The average Bonchev–Trinajstić information content (AvgIpc) is 2.40. The van der Waals surface area contributed by atoms with E-state index in [4.69, 9.17) is 11.6 Å². The number of ketones is 1. The van der Waals surface area contributed by atoms with E-state index in [0.29, 0.717) is 16.3 Å². The normalized spacial score (nSPS) is 12.1. The lowest BCUT2D eigenvalue weighted by Gasteiger charge is -2.04. The Bertz CT molecular complexity index is 596. The third-order valence-electron chi connectivity index (χ3n) is 2.64. The van der Waals surface area contributed by atoms with Crippen molar-refractivity contribution in [1.82, 2.24) is 0 Å². The molecule has 0 saturated heterocycles. The van der Waals surface area contributed by atoms with Gasteiger partial charge in [-0.1, -0.05) is 54.1 Å². The molecule has 0 aliphatic carbocycles. The number of halogens is 1. The molecular weight excluding hydrogens is 280 g/mol. The van der Waals surface area contributed by atoms with Gasteiger partial charge < -0.3 is 0 Å². The van der Waals surface area contributed by atoms with E-state index in [-0.39, 0.29) is 11.5 Å². The van der Waals surface area contributed by atoms with Crippen molar-refractivity contribution in [2.24, 2.45) is 0 Å². The molecule has 0 amide bonds. The molecule has 0 saturated carbocycles. The molecule has 0 spiro atoms. The van der Waals surface area contributed by atoms with E-state index >= 15 is 0 Å². The highest BCUT2D eigenvalue weighted by molar-refractivity contribution is 7.85. The van der Waals surface area contributed by atoms with Crippen LogP contribution in [0, 0.1) is 0 Å². The van der Waals surface area contributed by atoms with Crippen LogP contribution in [-0.4, -0.2) is 15.7 Å². The van der Waals surface area contributed by atoms with E-state index < -0.39 is 10.8 Å². The second-order valence-electron chi connectivity index (χ2n) is 4.12. The van der Waals surface area contributed by atoms with Crippen molar-refractivity contribution in [3.8, 4) is 0 Å². The first kappa shape index (κ1) is 14.0. The highest BCUT2D eigenvalue weighted by atomic mass is 35.5. The predicted octanol–water partition coefficient (Wildman–Crippen LogP) is 3.47. The minimum absolute atomic E-state index is 0.00136. The Morgan fingerprint density at radius 3 is 2.32 bits per heavy atom. The fraction of sp³-hybridized carbons (Fsp3) is 0.133. The van der Waals surface area contributed by atoms with Crippen LogP contribution in [-0.2, 0) is 16.6 Å². The van der Waals surface area contributed by atoms with Crippen LogP contribution < -0.4 is 0 Å². The molecule has 0 aromatic heterocycles. The molecular formula is C15H13ClO2S. The fourth-order valence-corrected chi connectivity index (χ4v) is 3.08. The molecule has 0 radical (unpaired) electrons. The summed E-state index contributed by atoms with van der Waals surface area (Å²) in [6, 6.07) is 16.3. The molecule has 0 aliphatic rings. The summed E-state index contributed by atoms with van der Waals surface area (Å²) in [7, 11) is -1.22.